The van der Waals surface area contributed by atoms with E-state index in [1.54, 1.807) is 0 Å². The van der Waals surface area contributed by atoms with E-state index in [-0.39, 0.29) is 0 Å². The van der Waals surface area contributed by atoms with Gasteiger partial charge in [0.1, 0.15) is 0 Å². The predicted octanol–water partition coefficient (Wildman–Crippen LogP) is 4.39. The molecule has 0 heterocycles. The zero-order chi connectivity index (χ0) is 9.30. The Morgan fingerprint density at radius 2 is 1.83 bits per heavy atom. The summed E-state index contributed by atoms with van der Waals surface area (Å²) in [6, 6.07) is 2.15. The quantitative estimate of drug-likeness (QED) is 0.720. The minimum Gasteiger partial charge on any atom is -0.0612 e. The summed E-state index contributed by atoms with van der Waals surface area (Å²) in [6.07, 6.45) is 1.08. The molecule has 0 nitrogen and oxygen atoms in total. The Kier molecular flexibility index (Phi) is 3.36. The Morgan fingerprint density at radius 1 is 1.25 bits per heavy atom. The van der Waals surface area contributed by atoms with Gasteiger partial charge in [-0.2, -0.15) is 0 Å². The second-order valence-corrected chi connectivity index (χ2v) is 4.59. The minimum absolute atomic E-state index is 1.08. The molecule has 12 heavy (non-hydrogen) atoms. The summed E-state index contributed by atoms with van der Waals surface area (Å²) in [5, 5.41) is 0. The lowest BCUT2D eigenvalue weighted by atomic mass is 10.0. The van der Waals surface area contributed by atoms with Crippen LogP contribution in [-0.2, 0) is 6.42 Å². The van der Waals surface area contributed by atoms with Crippen molar-refractivity contribution in [3.63, 3.8) is 0 Å². The van der Waals surface area contributed by atoms with Crippen molar-refractivity contribution in [1.29, 1.82) is 0 Å². The SMILES string of the molecule is CCc1c(C)c(Br)cc(C)c1Br. The third-order valence-corrected chi connectivity index (χ3v) is 4.05. The van der Waals surface area contributed by atoms with Gasteiger partial charge in [-0.3, -0.25) is 0 Å². The van der Waals surface area contributed by atoms with Crippen LogP contribution in [0.4, 0.5) is 0 Å². The summed E-state index contributed by atoms with van der Waals surface area (Å²) in [5.74, 6) is 0. The molecule has 0 saturated heterocycles. The number of aryl methyl sites for hydroxylation is 1. The largest absolute Gasteiger partial charge is 0.0612 e. The van der Waals surface area contributed by atoms with E-state index in [0.717, 1.165) is 6.42 Å². The van der Waals surface area contributed by atoms with Gasteiger partial charge in [-0.15, -0.1) is 0 Å². The maximum Gasteiger partial charge on any atom is 0.0239 e. The summed E-state index contributed by atoms with van der Waals surface area (Å²) in [7, 11) is 0. The Bertz CT molecular complexity index is 277. The van der Waals surface area contributed by atoms with Gasteiger partial charge in [0, 0.05) is 8.95 Å². The van der Waals surface area contributed by atoms with Crippen LogP contribution in [-0.4, -0.2) is 0 Å². The molecule has 66 valence electrons. The van der Waals surface area contributed by atoms with E-state index in [1.807, 2.05) is 0 Å². The molecule has 0 aliphatic carbocycles. The summed E-state index contributed by atoms with van der Waals surface area (Å²) in [5.41, 5.74) is 4.04. The van der Waals surface area contributed by atoms with E-state index in [2.05, 4.69) is 58.7 Å². The normalized spacial score (nSPS) is 10.4. The lowest BCUT2D eigenvalue weighted by Gasteiger charge is -2.10. The van der Waals surface area contributed by atoms with Crippen molar-refractivity contribution in [3.05, 3.63) is 31.7 Å². The predicted molar refractivity (Wildman–Crippen MR) is 60.7 cm³/mol. The lowest BCUT2D eigenvalue weighted by Crippen LogP contribution is -1.92. The molecule has 1 rings (SSSR count). The van der Waals surface area contributed by atoms with Gasteiger partial charge in [-0.1, -0.05) is 38.8 Å². The maximum absolute atomic E-state index is 3.60. The standard InChI is InChI=1S/C10H12Br2/c1-4-8-7(3)9(11)5-6(2)10(8)12/h5H,4H2,1-3H3. The highest BCUT2D eigenvalue weighted by molar-refractivity contribution is 9.11. The van der Waals surface area contributed by atoms with Gasteiger partial charge < -0.3 is 0 Å². The highest BCUT2D eigenvalue weighted by Crippen LogP contribution is 2.30. The van der Waals surface area contributed by atoms with Crippen LogP contribution in [0.2, 0.25) is 0 Å². The first-order valence-corrected chi connectivity index (χ1v) is 5.60. The van der Waals surface area contributed by atoms with Gasteiger partial charge in [-0.05, 0) is 43.0 Å². The molecule has 0 aliphatic rings. The molecule has 2 heteroatoms. The van der Waals surface area contributed by atoms with Crippen LogP contribution in [0.5, 0.6) is 0 Å². The number of rotatable bonds is 1. The molecule has 0 radical (unpaired) electrons. The molecular weight excluding hydrogens is 280 g/mol. The average Bonchev–Trinajstić information content (AvgIpc) is 2.02. The number of hydrogen-bond donors (Lipinski definition) is 0. The van der Waals surface area contributed by atoms with Gasteiger partial charge in [0.2, 0.25) is 0 Å². The van der Waals surface area contributed by atoms with Gasteiger partial charge in [-0.25, -0.2) is 0 Å². The number of halogens is 2. The van der Waals surface area contributed by atoms with Gasteiger partial charge in [0.05, 0.1) is 0 Å². The lowest BCUT2D eigenvalue weighted by molar-refractivity contribution is 1.08. The first-order chi connectivity index (χ1) is 5.57. The van der Waals surface area contributed by atoms with Crippen molar-refractivity contribution in [1.82, 2.24) is 0 Å². The Morgan fingerprint density at radius 3 is 2.33 bits per heavy atom. The fourth-order valence-electron chi connectivity index (χ4n) is 1.33. The Balaban J connectivity index is 3.42. The Labute approximate surface area is 90.6 Å². The highest BCUT2D eigenvalue weighted by atomic mass is 79.9. The maximum atomic E-state index is 3.60. The number of benzene rings is 1. The summed E-state index contributed by atoms with van der Waals surface area (Å²) >= 11 is 7.16. The second kappa shape index (κ2) is 3.93. The second-order valence-electron chi connectivity index (χ2n) is 2.95. The third kappa shape index (κ3) is 1.74. The van der Waals surface area contributed by atoms with Crippen molar-refractivity contribution < 1.29 is 0 Å². The molecule has 1 aromatic rings. The molecule has 0 N–H and O–H groups in total. The molecule has 0 spiro atoms. The molecule has 0 bridgehead atoms. The highest BCUT2D eigenvalue weighted by Gasteiger charge is 2.07. The summed E-state index contributed by atoms with van der Waals surface area (Å²) in [4.78, 5) is 0. The first kappa shape index (κ1) is 10.3. The molecule has 0 amide bonds. The van der Waals surface area contributed by atoms with Crippen LogP contribution in [0.25, 0.3) is 0 Å². The van der Waals surface area contributed by atoms with E-state index in [4.69, 9.17) is 0 Å². The van der Waals surface area contributed by atoms with Gasteiger partial charge in [0.15, 0.2) is 0 Å². The monoisotopic (exact) mass is 290 g/mol. The molecular formula is C10H12Br2. The van der Waals surface area contributed by atoms with Crippen LogP contribution in [0, 0.1) is 13.8 Å². The first-order valence-electron chi connectivity index (χ1n) is 4.02. The van der Waals surface area contributed by atoms with Crippen molar-refractivity contribution in [2.45, 2.75) is 27.2 Å². The van der Waals surface area contributed by atoms with E-state index < -0.39 is 0 Å². The van der Waals surface area contributed by atoms with E-state index in [9.17, 15) is 0 Å². The fraction of sp³-hybridized carbons (Fsp3) is 0.400. The van der Waals surface area contributed by atoms with E-state index >= 15 is 0 Å². The summed E-state index contributed by atoms with van der Waals surface area (Å²) in [6.45, 7) is 6.44. The zero-order valence-corrected chi connectivity index (χ0v) is 10.7. The molecule has 1 aromatic carbocycles. The van der Waals surface area contributed by atoms with Crippen molar-refractivity contribution in [2.75, 3.05) is 0 Å². The zero-order valence-electron chi connectivity index (χ0n) is 7.54. The third-order valence-electron chi connectivity index (χ3n) is 2.12. The van der Waals surface area contributed by atoms with Crippen molar-refractivity contribution in [2.24, 2.45) is 0 Å². The van der Waals surface area contributed by atoms with Crippen LogP contribution in [0.3, 0.4) is 0 Å². The average molecular weight is 292 g/mol. The van der Waals surface area contributed by atoms with Crippen LogP contribution < -0.4 is 0 Å². The van der Waals surface area contributed by atoms with Gasteiger partial charge in [0.25, 0.3) is 0 Å². The molecule has 0 aliphatic heterocycles. The molecule has 0 atom stereocenters. The fourth-order valence-corrected chi connectivity index (χ4v) is 2.60. The van der Waals surface area contributed by atoms with E-state index in [1.165, 1.54) is 25.6 Å². The topological polar surface area (TPSA) is 0 Å². The Hall–Kier alpha value is 0.180. The van der Waals surface area contributed by atoms with Crippen LogP contribution >= 0.6 is 31.9 Å². The van der Waals surface area contributed by atoms with Crippen molar-refractivity contribution >= 4 is 31.9 Å². The van der Waals surface area contributed by atoms with Crippen molar-refractivity contribution in [3.8, 4) is 0 Å². The smallest absolute Gasteiger partial charge is 0.0239 e. The van der Waals surface area contributed by atoms with E-state index in [0.29, 0.717) is 0 Å². The molecule has 0 unspecified atom stereocenters. The number of hydrogen-bond acceptors (Lipinski definition) is 0. The molecule has 0 fully saturated rings. The van der Waals surface area contributed by atoms with Crippen LogP contribution in [0.15, 0.2) is 15.0 Å². The molecule has 0 saturated carbocycles. The van der Waals surface area contributed by atoms with Gasteiger partial charge >= 0.3 is 0 Å². The van der Waals surface area contributed by atoms with Crippen LogP contribution in [0.1, 0.15) is 23.6 Å². The minimum atomic E-state index is 1.08. The molecule has 0 aromatic heterocycles. The summed E-state index contributed by atoms with van der Waals surface area (Å²) < 4.78 is 2.46.